The minimum Gasteiger partial charge on any atom is -0.454 e. The van der Waals surface area contributed by atoms with Crippen molar-refractivity contribution in [1.29, 1.82) is 0 Å². The molecule has 0 aliphatic carbocycles. The predicted molar refractivity (Wildman–Crippen MR) is 113 cm³/mol. The number of fused-ring (bicyclic) bond motifs is 1. The van der Waals surface area contributed by atoms with Crippen LogP contribution in [0.15, 0.2) is 57.9 Å². The molecule has 0 unspecified atom stereocenters. The summed E-state index contributed by atoms with van der Waals surface area (Å²) >= 11 is 1.50. The number of thiazole rings is 1. The molecule has 1 aromatic heterocycles. The van der Waals surface area contributed by atoms with Crippen molar-refractivity contribution in [3.05, 3.63) is 64.0 Å². The normalized spacial score (nSPS) is 18.6. The molecule has 0 radical (unpaired) electrons. The molecule has 3 heterocycles. The molecule has 0 amide bonds. The first-order chi connectivity index (χ1) is 14.8. The van der Waals surface area contributed by atoms with Crippen molar-refractivity contribution in [3.8, 4) is 22.8 Å². The zero-order valence-electron chi connectivity index (χ0n) is 16.2. The van der Waals surface area contributed by atoms with E-state index >= 15 is 0 Å². The molecule has 154 valence electrons. The maximum Gasteiger partial charge on any atom is 0.231 e. The van der Waals surface area contributed by atoms with Gasteiger partial charge in [-0.2, -0.15) is 5.10 Å². The number of rotatable bonds is 5. The predicted octanol–water partition coefficient (Wildman–Crippen LogP) is 4.05. The summed E-state index contributed by atoms with van der Waals surface area (Å²) in [5.41, 5.74) is 2.60. The Morgan fingerprint density at radius 1 is 1.13 bits per heavy atom. The molecule has 1 saturated heterocycles. The highest BCUT2D eigenvalue weighted by molar-refractivity contribution is 7.07. The Hall–Kier alpha value is -2.97. The van der Waals surface area contributed by atoms with Gasteiger partial charge in [-0.25, -0.2) is 9.07 Å². The average molecular weight is 425 g/mol. The third-order valence-corrected chi connectivity index (χ3v) is 5.85. The molecular weight excluding hydrogens is 405 g/mol. The first-order valence-corrected chi connectivity index (χ1v) is 10.7. The van der Waals surface area contributed by atoms with E-state index in [1.807, 2.05) is 23.6 Å². The van der Waals surface area contributed by atoms with Crippen molar-refractivity contribution in [2.24, 2.45) is 10.1 Å². The van der Waals surface area contributed by atoms with E-state index < -0.39 is 0 Å². The average Bonchev–Trinajstić information content (AvgIpc) is 3.51. The molecule has 1 fully saturated rings. The zero-order valence-corrected chi connectivity index (χ0v) is 17.0. The molecule has 0 spiro atoms. The molecule has 0 bridgehead atoms. The van der Waals surface area contributed by atoms with Gasteiger partial charge in [-0.15, -0.1) is 11.3 Å². The number of benzene rings is 2. The minimum atomic E-state index is -0.271. The van der Waals surface area contributed by atoms with Gasteiger partial charge in [0.1, 0.15) is 5.82 Å². The smallest absolute Gasteiger partial charge is 0.231 e. The van der Waals surface area contributed by atoms with E-state index in [9.17, 15) is 4.39 Å². The van der Waals surface area contributed by atoms with Gasteiger partial charge in [0.15, 0.2) is 11.5 Å². The van der Waals surface area contributed by atoms with Crippen molar-refractivity contribution in [2.75, 3.05) is 19.9 Å². The molecule has 8 heteroatoms. The van der Waals surface area contributed by atoms with Gasteiger partial charge in [0.2, 0.25) is 11.6 Å². The lowest BCUT2D eigenvalue weighted by molar-refractivity contribution is 0.117. The van der Waals surface area contributed by atoms with Crippen molar-refractivity contribution in [3.63, 3.8) is 0 Å². The number of halogens is 1. The van der Waals surface area contributed by atoms with Gasteiger partial charge in [-0.3, -0.25) is 4.99 Å². The summed E-state index contributed by atoms with van der Waals surface area (Å²) in [6, 6.07) is 12.1. The van der Waals surface area contributed by atoms with Crippen LogP contribution in [0, 0.1) is 5.82 Å². The maximum atomic E-state index is 13.4. The number of hydrogen-bond acceptors (Lipinski definition) is 6. The molecule has 0 saturated carbocycles. The molecule has 3 aromatic rings. The van der Waals surface area contributed by atoms with Crippen LogP contribution in [0.5, 0.6) is 11.5 Å². The van der Waals surface area contributed by atoms with Crippen LogP contribution in [-0.4, -0.2) is 36.9 Å². The Bertz CT molecular complexity index is 1130. The number of hydrogen-bond donors (Lipinski definition) is 0. The van der Waals surface area contributed by atoms with E-state index in [4.69, 9.17) is 19.2 Å². The summed E-state index contributed by atoms with van der Waals surface area (Å²) in [4.78, 5) is 5.51. The van der Waals surface area contributed by atoms with Crippen molar-refractivity contribution >= 4 is 17.6 Å². The summed E-state index contributed by atoms with van der Waals surface area (Å²) in [7, 11) is 0. The molecule has 30 heavy (non-hydrogen) atoms. The van der Waals surface area contributed by atoms with E-state index in [0.29, 0.717) is 12.3 Å². The second kappa shape index (κ2) is 8.41. The van der Waals surface area contributed by atoms with E-state index in [-0.39, 0.29) is 18.7 Å². The molecule has 2 aliphatic rings. The lowest BCUT2D eigenvalue weighted by atomic mass is 10.2. The Balaban J connectivity index is 1.50. The van der Waals surface area contributed by atoms with Gasteiger partial charge in [-0.05, 0) is 60.9 Å². The van der Waals surface area contributed by atoms with Gasteiger partial charge in [0, 0.05) is 17.6 Å². The van der Waals surface area contributed by atoms with Crippen LogP contribution in [0.2, 0.25) is 0 Å². The van der Waals surface area contributed by atoms with Crippen LogP contribution >= 0.6 is 11.3 Å². The fourth-order valence-electron chi connectivity index (χ4n) is 3.42. The first kappa shape index (κ1) is 19.0. The van der Waals surface area contributed by atoms with E-state index in [1.165, 1.54) is 23.5 Å². The molecule has 1 atom stereocenters. The Labute approximate surface area is 176 Å². The highest BCUT2D eigenvalue weighted by Gasteiger charge is 2.16. The second-order valence-electron chi connectivity index (χ2n) is 7.06. The third-order valence-electron chi connectivity index (χ3n) is 5.00. The highest BCUT2D eigenvalue weighted by Crippen LogP contribution is 2.32. The monoisotopic (exact) mass is 425 g/mol. The molecule has 2 aromatic carbocycles. The fourth-order valence-corrected chi connectivity index (χ4v) is 4.27. The standard InChI is InChI=1S/C22H20FN3O3S/c23-17-6-4-16(5-7-17)19-13-30-22(24-12-18-2-1-9-27-18)26(19)25-11-15-3-8-20-21(10-15)29-14-28-20/h3-8,10-11,13,18H,1-2,9,12,14H2/b24-22?,25-11-/t18-/m1/s1. The van der Waals surface area contributed by atoms with Crippen LogP contribution in [0.3, 0.4) is 0 Å². The summed E-state index contributed by atoms with van der Waals surface area (Å²) in [5.74, 6) is 1.17. The topological polar surface area (TPSA) is 57.3 Å². The van der Waals surface area contributed by atoms with Crippen LogP contribution in [0.25, 0.3) is 11.3 Å². The molecule has 0 N–H and O–H groups in total. The van der Waals surface area contributed by atoms with Crippen molar-refractivity contribution in [1.82, 2.24) is 4.68 Å². The first-order valence-electron chi connectivity index (χ1n) is 9.79. The SMILES string of the molecule is Fc1ccc(-c2csc(=NC[C@H]3CCCO3)n2/N=C\c2ccc3c(c2)OCO3)cc1. The van der Waals surface area contributed by atoms with Crippen molar-refractivity contribution in [2.45, 2.75) is 18.9 Å². The molecule has 6 nitrogen and oxygen atoms in total. The van der Waals surface area contributed by atoms with Gasteiger partial charge in [0.05, 0.1) is 24.6 Å². The van der Waals surface area contributed by atoms with Gasteiger partial charge < -0.3 is 14.2 Å². The summed E-state index contributed by atoms with van der Waals surface area (Å²) < 4.78 is 31.7. The van der Waals surface area contributed by atoms with Gasteiger partial charge in [-0.1, -0.05) is 0 Å². The maximum absolute atomic E-state index is 13.4. The quantitative estimate of drug-likeness (QED) is 0.580. The third kappa shape index (κ3) is 4.01. The van der Waals surface area contributed by atoms with E-state index in [0.717, 1.165) is 46.8 Å². The lowest BCUT2D eigenvalue weighted by Gasteiger charge is -2.06. The zero-order chi connectivity index (χ0) is 20.3. The lowest BCUT2D eigenvalue weighted by Crippen LogP contribution is -2.17. The van der Waals surface area contributed by atoms with E-state index in [2.05, 4.69) is 5.10 Å². The van der Waals surface area contributed by atoms with E-state index in [1.54, 1.807) is 23.0 Å². The Kier molecular flexibility index (Phi) is 5.33. The number of ether oxygens (including phenoxy) is 3. The second-order valence-corrected chi connectivity index (χ2v) is 7.89. The van der Waals surface area contributed by atoms with Crippen LogP contribution < -0.4 is 14.3 Å². The molecule has 5 rings (SSSR count). The van der Waals surface area contributed by atoms with Crippen molar-refractivity contribution < 1.29 is 18.6 Å². The number of nitrogens with zero attached hydrogens (tertiary/aromatic N) is 3. The molecular formula is C22H20FN3O3S. The Morgan fingerprint density at radius 2 is 2.00 bits per heavy atom. The van der Waals surface area contributed by atoms with Gasteiger partial charge in [0.25, 0.3) is 0 Å². The van der Waals surface area contributed by atoms with Crippen LogP contribution in [-0.2, 0) is 4.74 Å². The molecule has 2 aliphatic heterocycles. The number of aromatic nitrogens is 1. The summed E-state index contributed by atoms with van der Waals surface area (Å²) in [6.45, 7) is 1.63. The summed E-state index contributed by atoms with van der Waals surface area (Å²) in [6.07, 6.45) is 4.02. The largest absolute Gasteiger partial charge is 0.454 e. The minimum absolute atomic E-state index is 0.160. The van der Waals surface area contributed by atoms with Crippen LogP contribution in [0.1, 0.15) is 18.4 Å². The Morgan fingerprint density at radius 3 is 2.83 bits per heavy atom. The fraction of sp³-hybridized carbons (Fsp3) is 0.273. The van der Waals surface area contributed by atoms with Gasteiger partial charge >= 0.3 is 0 Å². The highest BCUT2D eigenvalue weighted by atomic mass is 32.1. The van der Waals surface area contributed by atoms with Crippen LogP contribution in [0.4, 0.5) is 4.39 Å². The summed E-state index contributed by atoms with van der Waals surface area (Å²) in [5, 5.41) is 6.67.